The molecule has 3 aromatic rings. The molecule has 1 aliphatic heterocycles. The number of rotatable bonds is 3. The summed E-state index contributed by atoms with van der Waals surface area (Å²) in [4.78, 5) is 23.1. The van der Waals surface area contributed by atoms with Crippen LogP contribution in [0.25, 0.3) is 5.82 Å². The summed E-state index contributed by atoms with van der Waals surface area (Å²) in [5, 5.41) is 4.58. The predicted molar refractivity (Wildman–Crippen MR) is 112 cm³/mol. The van der Waals surface area contributed by atoms with Crippen molar-refractivity contribution in [1.82, 2.24) is 29.7 Å². The molecule has 2 aliphatic rings. The Labute approximate surface area is 170 Å². The third-order valence-electron chi connectivity index (χ3n) is 5.79. The number of fused-ring (bicyclic) bond motifs is 1. The molecule has 1 saturated heterocycles. The molecule has 4 heterocycles. The van der Waals surface area contributed by atoms with Gasteiger partial charge in [0.1, 0.15) is 23.8 Å². The topological polar surface area (TPSA) is 75.9 Å². The smallest absolute Gasteiger partial charge is 0.159 e. The van der Waals surface area contributed by atoms with Gasteiger partial charge in [-0.3, -0.25) is 0 Å². The third-order valence-corrected chi connectivity index (χ3v) is 5.79. The maximum Gasteiger partial charge on any atom is 0.159 e. The summed E-state index contributed by atoms with van der Waals surface area (Å²) in [5.74, 6) is 3.69. The van der Waals surface area contributed by atoms with E-state index in [9.17, 15) is 0 Å². The number of anilines is 2. The van der Waals surface area contributed by atoms with E-state index < -0.39 is 0 Å². The number of aromatic nitrogens is 6. The first-order valence-corrected chi connectivity index (χ1v) is 10.3. The number of hydrogen-bond donors (Lipinski definition) is 0. The van der Waals surface area contributed by atoms with E-state index in [0.29, 0.717) is 0 Å². The second-order valence-corrected chi connectivity index (χ2v) is 7.92. The van der Waals surface area contributed by atoms with Crippen LogP contribution in [0.3, 0.4) is 0 Å². The van der Waals surface area contributed by atoms with Gasteiger partial charge in [-0.15, -0.1) is 0 Å². The summed E-state index contributed by atoms with van der Waals surface area (Å²) in [7, 11) is 0. The van der Waals surface area contributed by atoms with Crippen molar-refractivity contribution in [2.24, 2.45) is 0 Å². The zero-order valence-corrected chi connectivity index (χ0v) is 17.3. The van der Waals surface area contributed by atoms with Gasteiger partial charge < -0.3 is 9.80 Å². The molecule has 5 rings (SSSR count). The lowest BCUT2D eigenvalue weighted by molar-refractivity contribution is 0.635. The second kappa shape index (κ2) is 7.09. The third kappa shape index (κ3) is 3.32. The number of hydrogen-bond acceptors (Lipinski definition) is 7. The van der Waals surface area contributed by atoms with E-state index in [2.05, 4.69) is 42.8 Å². The molecular weight excluding hydrogens is 364 g/mol. The monoisotopic (exact) mass is 390 g/mol. The van der Waals surface area contributed by atoms with Crippen molar-refractivity contribution in [3.8, 4) is 5.82 Å². The van der Waals surface area contributed by atoms with Gasteiger partial charge in [0.25, 0.3) is 0 Å². The van der Waals surface area contributed by atoms with Crippen LogP contribution >= 0.6 is 0 Å². The molecule has 1 fully saturated rings. The van der Waals surface area contributed by atoms with E-state index in [0.717, 1.165) is 73.7 Å². The van der Waals surface area contributed by atoms with Gasteiger partial charge in [0, 0.05) is 49.2 Å². The first kappa shape index (κ1) is 18.0. The molecule has 0 bridgehead atoms. The van der Waals surface area contributed by atoms with Gasteiger partial charge in [-0.25, -0.2) is 24.6 Å². The van der Waals surface area contributed by atoms with Gasteiger partial charge in [-0.1, -0.05) is 0 Å². The molecule has 0 saturated carbocycles. The Morgan fingerprint density at radius 2 is 1.59 bits per heavy atom. The van der Waals surface area contributed by atoms with Crippen LogP contribution in [-0.4, -0.2) is 55.9 Å². The van der Waals surface area contributed by atoms with Gasteiger partial charge in [-0.05, 0) is 46.1 Å². The maximum atomic E-state index is 4.70. The van der Waals surface area contributed by atoms with Crippen molar-refractivity contribution < 1.29 is 0 Å². The van der Waals surface area contributed by atoms with Gasteiger partial charge in [0.05, 0.1) is 5.69 Å². The van der Waals surface area contributed by atoms with Crippen molar-refractivity contribution in [2.45, 2.75) is 40.0 Å². The maximum absolute atomic E-state index is 4.70. The minimum absolute atomic E-state index is 0.765. The Hall–Kier alpha value is -3.03. The van der Waals surface area contributed by atoms with Crippen molar-refractivity contribution in [2.75, 3.05) is 36.0 Å². The summed E-state index contributed by atoms with van der Waals surface area (Å²) in [6.07, 6.45) is 5.10. The van der Waals surface area contributed by atoms with Gasteiger partial charge in [0.2, 0.25) is 0 Å². The van der Waals surface area contributed by atoms with Crippen LogP contribution in [-0.2, 0) is 12.8 Å². The lowest BCUT2D eigenvalue weighted by Gasteiger charge is -2.36. The van der Waals surface area contributed by atoms with E-state index in [-0.39, 0.29) is 0 Å². The van der Waals surface area contributed by atoms with E-state index >= 15 is 0 Å². The molecular formula is C21H26N8. The van der Waals surface area contributed by atoms with Crippen molar-refractivity contribution in [1.29, 1.82) is 0 Å². The molecule has 8 nitrogen and oxygen atoms in total. The summed E-state index contributed by atoms with van der Waals surface area (Å²) in [6, 6.07) is 4.11. The molecule has 0 aromatic carbocycles. The lowest BCUT2D eigenvalue weighted by atomic mass is 10.2. The highest BCUT2D eigenvalue weighted by atomic mass is 15.3. The van der Waals surface area contributed by atoms with Gasteiger partial charge in [0.15, 0.2) is 5.82 Å². The minimum Gasteiger partial charge on any atom is -0.353 e. The average Bonchev–Trinajstić information content (AvgIpc) is 3.33. The van der Waals surface area contributed by atoms with Crippen molar-refractivity contribution >= 4 is 11.6 Å². The molecule has 8 heteroatoms. The van der Waals surface area contributed by atoms with E-state index in [4.69, 9.17) is 4.98 Å². The van der Waals surface area contributed by atoms with Crippen molar-refractivity contribution in [3.05, 3.63) is 46.9 Å². The molecule has 1 aliphatic carbocycles. The summed E-state index contributed by atoms with van der Waals surface area (Å²) in [6.45, 7) is 9.68. The largest absolute Gasteiger partial charge is 0.353 e. The highest BCUT2D eigenvalue weighted by molar-refractivity contribution is 5.53. The van der Waals surface area contributed by atoms with Gasteiger partial charge in [-0.2, -0.15) is 5.10 Å². The summed E-state index contributed by atoms with van der Waals surface area (Å²) < 4.78 is 1.90. The standard InChI is InChI=1S/C21H26N8/c1-14-11-15(2)29(26-14)20-12-19(24-16(3)25-20)27-7-9-28(10-8-27)21-17-5-4-6-18(17)22-13-23-21/h11-13H,4-10H2,1-3H3. The SMILES string of the molecule is Cc1cc(C)n(-c2cc(N3CCN(c4ncnc5c4CCC5)CC3)nc(C)n2)n1. The first-order valence-electron chi connectivity index (χ1n) is 10.3. The number of nitrogens with zero attached hydrogens (tertiary/aromatic N) is 8. The Kier molecular flexibility index (Phi) is 4.41. The van der Waals surface area contributed by atoms with Gasteiger partial charge >= 0.3 is 0 Å². The zero-order valence-electron chi connectivity index (χ0n) is 17.3. The predicted octanol–water partition coefficient (Wildman–Crippen LogP) is 2.19. The van der Waals surface area contributed by atoms with Crippen LogP contribution in [0.5, 0.6) is 0 Å². The Balaban J connectivity index is 1.36. The van der Waals surface area contributed by atoms with Crippen LogP contribution in [0.15, 0.2) is 18.5 Å². The van der Waals surface area contributed by atoms with Crippen LogP contribution in [0.4, 0.5) is 11.6 Å². The number of piperazine rings is 1. The minimum atomic E-state index is 0.765. The highest BCUT2D eigenvalue weighted by Crippen LogP contribution is 2.29. The average molecular weight is 390 g/mol. The van der Waals surface area contributed by atoms with E-state index in [1.54, 1.807) is 6.33 Å². The molecule has 3 aromatic heterocycles. The van der Waals surface area contributed by atoms with Crippen LogP contribution in [0.1, 0.15) is 34.9 Å². The highest BCUT2D eigenvalue weighted by Gasteiger charge is 2.25. The Morgan fingerprint density at radius 1 is 0.828 bits per heavy atom. The van der Waals surface area contributed by atoms with Crippen molar-refractivity contribution in [3.63, 3.8) is 0 Å². The molecule has 0 atom stereocenters. The lowest BCUT2D eigenvalue weighted by Crippen LogP contribution is -2.47. The van der Waals surface area contributed by atoms with E-state index in [1.807, 2.05) is 24.6 Å². The molecule has 150 valence electrons. The molecule has 0 amide bonds. The first-order chi connectivity index (χ1) is 14.1. The molecule has 0 spiro atoms. The molecule has 29 heavy (non-hydrogen) atoms. The summed E-state index contributed by atoms with van der Waals surface area (Å²) >= 11 is 0. The Bertz CT molecular complexity index is 1050. The second-order valence-electron chi connectivity index (χ2n) is 7.92. The normalized spacial score (nSPS) is 16.4. The fourth-order valence-corrected chi connectivity index (χ4v) is 4.43. The van der Waals surface area contributed by atoms with Crippen LogP contribution in [0.2, 0.25) is 0 Å². The number of aryl methyl sites for hydroxylation is 4. The zero-order chi connectivity index (χ0) is 20.0. The Morgan fingerprint density at radius 3 is 2.34 bits per heavy atom. The summed E-state index contributed by atoms with van der Waals surface area (Å²) in [5.41, 5.74) is 4.66. The van der Waals surface area contributed by atoms with Crippen LogP contribution < -0.4 is 9.80 Å². The fraction of sp³-hybridized carbons (Fsp3) is 0.476. The molecule has 0 radical (unpaired) electrons. The fourth-order valence-electron chi connectivity index (χ4n) is 4.43. The molecule has 0 N–H and O–H groups in total. The van der Waals surface area contributed by atoms with Crippen LogP contribution in [0, 0.1) is 20.8 Å². The van der Waals surface area contributed by atoms with E-state index in [1.165, 1.54) is 17.7 Å². The molecule has 0 unspecified atom stereocenters. The quantitative estimate of drug-likeness (QED) is 0.678.